The van der Waals surface area contributed by atoms with E-state index < -0.39 is 4.92 Å². The van der Waals surface area contributed by atoms with Crippen molar-refractivity contribution in [3.63, 3.8) is 0 Å². The summed E-state index contributed by atoms with van der Waals surface area (Å²) in [5.41, 5.74) is 0.729. The predicted molar refractivity (Wildman–Crippen MR) is 72.7 cm³/mol. The van der Waals surface area contributed by atoms with Crippen LogP contribution >= 0.6 is 11.3 Å². The molecule has 0 N–H and O–H groups in total. The van der Waals surface area contributed by atoms with Crippen LogP contribution in [0, 0.1) is 10.1 Å². The number of nitrogens with zero attached hydrogens (tertiary/aromatic N) is 1. The van der Waals surface area contributed by atoms with Gasteiger partial charge in [0.05, 0.1) is 16.9 Å². The maximum Gasteiger partial charge on any atom is 0.324 e. The molecule has 5 nitrogen and oxygen atoms in total. The Morgan fingerprint density at radius 3 is 2.79 bits per heavy atom. The second-order valence-electron chi connectivity index (χ2n) is 3.91. The number of hydrogen-bond donors (Lipinski definition) is 0. The predicted octanol–water partition coefficient (Wildman–Crippen LogP) is 4.08. The lowest BCUT2D eigenvalue weighted by molar-refractivity contribution is -0.380. The van der Waals surface area contributed by atoms with E-state index in [-0.39, 0.29) is 5.00 Å². The maximum absolute atomic E-state index is 10.7. The second kappa shape index (κ2) is 4.40. The molecule has 0 fully saturated rings. The molecule has 0 unspecified atom stereocenters. The van der Waals surface area contributed by atoms with Crippen LogP contribution in [0.2, 0.25) is 0 Å². The Bertz CT molecular complexity index is 759. The Labute approximate surface area is 112 Å². The largest absolute Gasteiger partial charge is 0.497 e. The minimum absolute atomic E-state index is 0.105. The quantitative estimate of drug-likeness (QED) is 0.533. The number of ether oxygens (including phenoxy) is 1. The van der Waals surface area contributed by atoms with Crippen molar-refractivity contribution in [1.82, 2.24) is 0 Å². The molecule has 0 atom stereocenters. The number of furan rings is 1. The van der Waals surface area contributed by atoms with Gasteiger partial charge in [-0.25, -0.2) is 0 Å². The molecule has 1 aromatic carbocycles. The fraction of sp³-hybridized carbons (Fsp3) is 0.0769. The van der Waals surface area contributed by atoms with Gasteiger partial charge in [-0.05, 0) is 30.3 Å². The smallest absolute Gasteiger partial charge is 0.324 e. The average Bonchev–Trinajstić information content (AvgIpc) is 3.04. The monoisotopic (exact) mass is 275 g/mol. The van der Waals surface area contributed by atoms with Gasteiger partial charge >= 0.3 is 5.00 Å². The summed E-state index contributed by atoms with van der Waals surface area (Å²) in [5, 5.41) is 11.7. The molecule has 0 radical (unpaired) electrons. The Balaban J connectivity index is 2.06. The number of fused-ring (bicyclic) bond motifs is 1. The topological polar surface area (TPSA) is 65.5 Å². The van der Waals surface area contributed by atoms with Crippen LogP contribution in [0.1, 0.15) is 0 Å². The van der Waals surface area contributed by atoms with Crippen molar-refractivity contribution in [2.45, 2.75) is 0 Å². The fourth-order valence-corrected chi connectivity index (χ4v) is 2.60. The number of rotatable bonds is 3. The van der Waals surface area contributed by atoms with Crippen LogP contribution in [0.5, 0.6) is 5.75 Å². The summed E-state index contributed by atoms with van der Waals surface area (Å²) in [6, 6.07) is 10.5. The van der Waals surface area contributed by atoms with Crippen molar-refractivity contribution >= 4 is 27.3 Å². The van der Waals surface area contributed by atoms with E-state index in [0.717, 1.165) is 32.9 Å². The zero-order valence-electron chi connectivity index (χ0n) is 9.95. The van der Waals surface area contributed by atoms with Crippen LogP contribution in [0.4, 0.5) is 5.00 Å². The molecule has 0 spiro atoms. The summed E-state index contributed by atoms with van der Waals surface area (Å²) in [6.07, 6.45) is 0. The molecule has 0 amide bonds. The zero-order valence-corrected chi connectivity index (χ0v) is 10.8. The lowest BCUT2D eigenvalue weighted by atomic mass is 10.2. The first-order valence-electron chi connectivity index (χ1n) is 5.49. The van der Waals surface area contributed by atoms with Gasteiger partial charge in [-0.15, -0.1) is 0 Å². The van der Waals surface area contributed by atoms with Gasteiger partial charge in [-0.1, -0.05) is 11.3 Å². The first-order chi connectivity index (χ1) is 9.17. The number of thiophene rings is 1. The molecule has 3 rings (SSSR count). The third kappa shape index (κ3) is 2.06. The van der Waals surface area contributed by atoms with Crippen LogP contribution in [-0.4, -0.2) is 12.0 Å². The molecule has 2 heterocycles. The van der Waals surface area contributed by atoms with Gasteiger partial charge in [0.1, 0.15) is 17.1 Å². The van der Waals surface area contributed by atoms with Crippen LogP contribution in [0.3, 0.4) is 0 Å². The van der Waals surface area contributed by atoms with E-state index in [2.05, 4.69) is 0 Å². The molecule has 0 saturated heterocycles. The van der Waals surface area contributed by atoms with E-state index in [1.807, 2.05) is 24.3 Å². The molecule has 0 saturated carbocycles. The highest BCUT2D eigenvalue weighted by atomic mass is 32.1. The van der Waals surface area contributed by atoms with E-state index in [1.165, 1.54) is 6.07 Å². The lowest BCUT2D eigenvalue weighted by Crippen LogP contribution is -1.80. The van der Waals surface area contributed by atoms with Crippen LogP contribution < -0.4 is 4.74 Å². The van der Waals surface area contributed by atoms with Crippen LogP contribution in [0.15, 0.2) is 40.8 Å². The van der Waals surface area contributed by atoms with Gasteiger partial charge in [-0.3, -0.25) is 10.1 Å². The minimum atomic E-state index is -0.403. The molecular weight excluding hydrogens is 266 g/mol. The minimum Gasteiger partial charge on any atom is -0.497 e. The van der Waals surface area contributed by atoms with Crippen molar-refractivity contribution in [1.29, 1.82) is 0 Å². The standard InChI is InChI=1S/C13H9NO4S/c1-17-9-2-3-10-8(6-9)7-11(18-10)12-4-5-13(19-12)14(15)16/h2-7H,1H3. The SMILES string of the molecule is COc1ccc2oc(-c3ccc([N+](=O)[O-])s3)cc2c1. The summed E-state index contributed by atoms with van der Waals surface area (Å²) in [5.74, 6) is 1.37. The lowest BCUT2D eigenvalue weighted by Gasteiger charge is -1.96. The molecule has 96 valence electrons. The molecule has 0 aliphatic carbocycles. The van der Waals surface area contributed by atoms with Crippen molar-refractivity contribution in [2.24, 2.45) is 0 Å². The van der Waals surface area contributed by atoms with E-state index >= 15 is 0 Å². The fourth-order valence-electron chi connectivity index (χ4n) is 1.83. The van der Waals surface area contributed by atoms with Crippen LogP contribution in [0.25, 0.3) is 21.6 Å². The Morgan fingerprint density at radius 2 is 2.11 bits per heavy atom. The van der Waals surface area contributed by atoms with E-state index in [1.54, 1.807) is 13.2 Å². The maximum atomic E-state index is 10.7. The molecule has 6 heteroatoms. The molecule has 0 bridgehead atoms. The molecule has 0 aliphatic heterocycles. The third-order valence-electron chi connectivity index (χ3n) is 2.74. The van der Waals surface area contributed by atoms with Crippen molar-refractivity contribution in [2.75, 3.05) is 7.11 Å². The highest BCUT2D eigenvalue weighted by Crippen LogP contribution is 2.36. The van der Waals surface area contributed by atoms with Crippen molar-refractivity contribution in [3.8, 4) is 16.4 Å². The normalized spacial score (nSPS) is 10.8. The Hall–Kier alpha value is -2.34. The van der Waals surface area contributed by atoms with Crippen molar-refractivity contribution in [3.05, 3.63) is 46.5 Å². The second-order valence-corrected chi connectivity index (χ2v) is 4.97. The first kappa shape index (κ1) is 11.7. The Morgan fingerprint density at radius 1 is 1.26 bits per heavy atom. The molecule has 0 aliphatic rings. The number of nitro groups is 1. The highest BCUT2D eigenvalue weighted by molar-refractivity contribution is 7.18. The summed E-state index contributed by atoms with van der Waals surface area (Å²) in [7, 11) is 1.60. The molecule has 2 aromatic heterocycles. The zero-order chi connectivity index (χ0) is 13.4. The van der Waals surface area contributed by atoms with Gasteiger partial charge in [0, 0.05) is 11.5 Å². The van der Waals surface area contributed by atoms with Gasteiger partial charge < -0.3 is 9.15 Å². The molecular formula is C13H9NO4S. The third-order valence-corrected chi connectivity index (χ3v) is 3.79. The van der Waals surface area contributed by atoms with E-state index in [0.29, 0.717) is 5.76 Å². The van der Waals surface area contributed by atoms with E-state index in [4.69, 9.17) is 9.15 Å². The molecule has 3 aromatic rings. The highest BCUT2D eigenvalue weighted by Gasteiger charge is 2.14. The van der Waals surface area contributed by atoms with Gasteiger partial charge in [0.2, 0.25) is 0 Å². The summed E-state index contributed by atoms with van der Waals surface area (Å²) in [4.78, 5) is 11.0. The number of methoxy groups -OCH3 is 1. The van der Waals surface area contributed by atoms with Gasteiger partial charge in [0.15, 0.2) is 0 Å². The van der Waals surface area contributed by atoms with Gasteiger partial charge in [0.25, 0.3) is 0 Å². The van der Waals surface area contributed by atoms with Crippen LogP contribution in [-0.2, 0) is 0 Å². The summed E-state index contributed by atoms with van der Waals surface area (Å²) in [6.45, 7) is 0. The van der Waals surface area contributed by atoms with Crippen molar-refractivity contribution < 1.29 is 14.1 Å². The van der Waals surface area contributed by atoms with E-state index in [9.17, 15) is 10.1 Å². The molecule has 19 heavy (non-hydrogen) atoms. The number of benzene rings is 1. The summed E-state index contributed by atoms with van der Waals surface area (Å²) < 4.78 is 10.8. The first-order valence-corrected chi connectivity index (χ1v) is 6.31. The average molecular weight is 275 g/mol. The number of hydrogen-bond acceptors (Lipinski definition) is 5. The van der Waals surface area contributed by atoms with Gasteiger partial charge in [-0.2, -0.15) is 0 Å². The summed E-state index contributed by atoms with van der Waals surface area (Å²) >= 11 is 1.10. The Kier molecular flexibility index (Phi) is 2.72.